The van der Waals surface area contributed by atoms with Crippen molar-refractivity contribution in [3.8, 4) is 11.5 Å². The molecular formula is C29H36F3N5O4S. The van der Waals surface area contributed by atoms with Gasteiger partial charge >= 0.3 is 11.5 Å². The fourth-order valence-corrected chi connectivity index (χ4v) is 5.59. The standard InChI is InChI=1S/C29H36F3N5O4S/c1-5-6-7-15-41-23-16-21(9-10-22(23)40-4)37-14-8-13-35(28(37)39)17-20-11-12-33-27-26(20)24(42-29(30,31)32)18-36(27)19-25(38)34(2)3/h9-12,16,18H,5-8,13-15,17,19H2,1-4H3. The maximum Gasteiger partial charge on any atom is 0.446 e. The van der Waals surface area contributed by atoms with Crippen LogP contribution < -0.4 is 14.4 Å². The molecule has 4 rings (SSSR count). The van der Waals surface area contributed by atoms with Crippen molar-refractivity contribution in [2.24, 2.45) is 0 Å². The normalized spacial score (nSPS) is 14.0. The highest BCUT2D eigenvalue weighted by molar-refractivity contribution is 8.00. The predicted molar refractivity (Wildman–Crippen MR) is 156 cm³/mol. The maximum absolute atomic E-state index is 13.7. The minimum absolute atomic E-state index is 0.0616. The first kappa shape index (κ1) is 31.3. The summed E-state index contributed by atoms with van der Waals surface area (Å²) >= 11 is -0.250. The highest BCUT2D eigenvalue weighted by Gasteiger charge is 2.33. The number of ether oxygens (including phenoxy) is 2. The molecular weight excluding hydrogens is 571 g/mol. The van der Waals surface area contributed by atoms with Crippen LogP contribution in [-0.4, -0.2) is 77.7 Å². The Labute approximate surface area is 247 Å². The number of benzene rings is 1. The van der Waals surface area contributed by atoms with Gasteiger partial charge in [-0.1, -0.05) is 19.8 Å². The van der Waals surface area contributed by atoms with Gasteiger partial charge in [0.25, 0.3) is 0 Å². The summed E-state index contributed by atoms with van der Waals surface area (Å²) in [4.78, 5) is 35.0. The lowest BCUT2D eigenvalue weighted by molar-refractivity contribution is -0.129. The number of hydrogen-bond acceptors (Lipinski definition) is 6. The fraction of sp³-hybridized carbons (Fsp3) is 0.483. The van der Waals surface area contributed by atoms with Gasteiger partial charge in [0.05, 0.1) is 13.7 Å². The Kier molecular flexibility index (Phi) is 10.1. The van der Waals surface area contributed by atoms with Crippen molar-refractivity contribution < 1.29 is 32.2 Å². The Bertz CT molecular complexity index is 1410. The van der Waals surface area contributed by atoms with Gasteiger partial charge in [-0.25, -0.2) is 9.78 Å². The first-order valence-electron chi connectivity index (χ1n) is 13.8. The molecule has 2 aromatic heterocycles. The van der Waals surface area contributed by atoms with Crippen molar-refractivity contribution in [3.05, 3.63) is 42.2 Å². The number of thioether (sulfide) groups is 1. The minimum atomic E-state index is -4.54. The van der Waals surface area contributed by atoms with Gasteiger partial charge in [-0.15, -0.1) is 0 Å². The number of hydrogen-bond donors (Lipinski definition) is 0. The van der Waals surface area contributed by atoms with Crippen LogP contribution in [0.1, 0.15) is 38.2 Å². The zero-order chi connectivity index (χ0) is 30.4. The summed E-state index contributed by atoms with van der Waals surface area (Å²) in [6, 6.07) is 6.71. The molecule has 42 heavy (non-hydrogen) atoms. The van der Waals surface area contributed by atoms with E-state index in [-0.39, 0.29) is 52.7 Å². The minimum Gasteiger partial charge on any atom is -0.493 e. The van der Waals surface area contributed by atoms with E-state index in [0.717, 1.165) is 19.3 Å². The molecule has 13 heteroatoms. The summed E-state index contributed by atoms with van der Waals surface area (Å²) in [5, 5.41) is 0.281. The van der Waals surface area contributed by atoms with Crippen LogP contribution in [0.5, 0.6) is 11.5 Å². The summed E-state index contributed by atoms with van der Waals surface area (Å²) in [6.07, 6.45) is 6.49. The van der Waals surface area contributed by atoms with E-state index >= 15 is 0 Å². The molecule has 1 aromatic carbocycles. The number of unbranched alkanes of at least 4 members (excludes halogenated alkanes) is 2. The number of likely N-dealkylation sites (N-methyl/N-ethyl adjacent to an activating group) is 1. The first-order chi connectivity index (χ1) is 20.0. The van der Waals surface area contributed by atoms with Crippen molar-refractivity contribution in [3.63, 3.8) is 0 Å². The van der Waals surface area contributed by atoms with E-state index < -0.39 is 5.51 Å². The van der Waals surface area contributed by atoms with E-state index in [1.165, 1.54) is 21.9 Å². The number of methoxy groups -OCH3 is 1. The van der Waals surface area contributed by atoms with Gasteiger partial charge in [-0.2, -0.15) is 13.2 Å². The first-order valence-corrected chi connectivity index (χ1v) is 14.6. The lowest BCUT2D eigenvalue weighted by Crippen LogP contribution is -2.49. The number of alkyl halides is 3. The molecule has 1 aliphatic rings. The third-order valence-corrected chi connectivity index (χ3v) is 7.74. The van der Waals surface area contributed by atoms with Crippen LogP contribution in [-0.2, 0) is 17.9 Å². The van der Waals surface area contributed by atoms with Gasteiger partial charge in [-0.05, 0) is 48.4 Å². The van der Waals surface area contributed by atoms with Crippen LogP contribution in [0.3, 0.4) is 0 Å². The second-order valence-corrected chi connectivity index (χ2v) is 11.3. The molecule has 3 amide bonds. The summed E-state index contributed by atoms with van der Waals surface area (Å²) in [5.74, 6) is 0.842. The Morgan fingerprint density at radius 2 is 1.93 bits per heavy atom. The highest BCUT2D eigenvalue weighted by Crippen LogP contribution is 2.42. The number of rotatable bonds is 12. The molecule has 1 saturated heterocycles. The molecule has 0 atom stereocenters. The number of urea groups is 1. The van der Waals surface area contributed by atoms with E-state index in [9.17, 15) is 22.8 Å². The summed E-state index contributed by atoms with van der Waals surface area (Å²) in [7, 11) is 4.72. The number of carbonyl (C=O) groups is 2. The van der Waals surface area contributed by atoms with Crippen molar-refractivity contribution in [1.82, 2.24) is 19.4 Å². The molecule has 3 aromatic rings. The molecule has 0 bridgehead atoms. The highest BCUT2D eigenvalue weighted by atomic mass is 32.2. The van der Waals surface area contributed by atoms with Crippen LogP contribution in [0.2, 0.25) is 0 Å². The van der Waals surface area contributed by atoms with E-state index in [1.54, 1.807) is 55.3 Å². The third kappa shape index (κ3) is 7.42. The summed E-state index contributed by atoms with van der Waals surface area (Å²) in [5.41, 5.74) is -3.11. The van der Waals surface area contributed by atoms with Crippen LogP contribution in [0.4, 0.5) is 23.7 Å². The van der Waals surface area contributed by atoms with E-state index in [2.05, 4.69) is 11.9 Å². The van der Waals surface area contributed by atoms with Crippen molar-refractivity contribution in [2.45, 2.75) is 56.1 Å². The molecule has 9 nitrogen and oxygen atoms in total. The lowest BCUT2D eigenvalue weighted by atomic mass is 10.1. The lowest BCUT2D eigenvalue weighted by Gasteiger charge is -2.36. The molecule has 1 aliphatic heterocycles. The second-order valence-electron chi connectivity index (χ2n) is 10.2. The van der Waals surface area contributed by atoms with E-state index in [4.69, 9.17) is 9.47 Å². The molecule has 0 unspecified atom stereocenters. The number of fused-ring (bicyclic) bond motifs is 1. The Morgan fingerprint density at radius 3 is 2.62 bits per heavy atom. The molecule has 3 heterocycles. The molecule has 0 radical (unpaired) electrons. The fourth-order valence-electron chi connectivity index (χ4n) is 4.84. The summed E-state index contributed by atoms with van der Waals surface area (Å²) < 4.78 is 53.4. The van der Waals surface area contributed by atoms with Gasteiger partial charge in [-0.3, -0.25) is 9.69 Å². The predicted octanol–water partition coefficient (Wildman–Crippen LogP) is 6.15. The van der Waals surface area contributed by atoms with Crippen LogP contribution >= 0.6 is 11.8 Å². The molecule has 0 spiro atoms. The van der Waals surface area contributed by atoms with E-state index in [0.29, 0.717) is 48.9 Å². The number of amides is 3. The number of halogens is 3. The largest absolute Gasteiger partial charge is 0.493 e. The summed E-state index contributed by atoms with van der Waals surface area (Å²) in [6.45, 7) is 3.50. The van der Waals surface area contributed by atoms with Crippen LogP contribution in [0, 0.1) is 0 Å². The van der Waals surface area contributed by atoms with Gasteiger partial charge in [0.2, 0.25) is 5.91 Å². The average molecular weight is 608 g/mol. The zero-order valence-electron chi connectivity index (χ0n) is 24.2. The van der Waals surface area contributed by atoms with Gasteiger partial charge in [0.15, 0.2) is 11.5 Å². The Morgan fingerprint density at radius 1 is 1.14 bits per heavy atom. The number of nitrogens with zero attached hydrogens (tertiary/aromatic N) is 5. The average Bonchev–Trinajstić information content (AvgIpc) is 3.28. The number of aromatic nitrogens is 2. The Balaban J connectivity index is 1.62. The van der Waals surface area contributed by atoms with Crippen molar-refractivity contribution >= 4 is 40.4 Å². The monoisotopic (exact) mass is 607 g/mol. The molecule has 1 fully saturated rings. The zero-order valence-corrected chi connectivity index (χ0v) is 25.1. The molecule has 0 N–H and O–H groups in total. The number of pyridine rings is 1. The molecule has 0 aliphatic carbocycles. The SMILES string of the molecule is CCCCCOc1cc(N2CCCN(Cc3ccnc4c3c(SC(F)(F)F)cn4CC(=O)N(C)C)C2=O)ccc1OC. The quantitative estimate of drug-likeness (QED) is 0.182. The van der Waals surface area contributed by atoms with Crippen LogP contribution in [0.15, 0.2) is 41.6 Å². The van der Waals surface area contributed by atoms with Gasteiger partial charge in [0.1, 0.15) is 12.2 Å². The van der Waals surface area contributed by atoms with Gasteiger partial charge in [0, 0.05) is 68.2 Å². The van der Waals surface area contributed by atoms with E-state index in [1.807, 2.05) is 0 Å². The van der Waals surface area contributed by atoms with Crippen LogP contribution in [0.25, 0.3) is 11.0 Å². The van der Waals surface area contributed by atoms with Gasteiger partial charge < -0.3 is 23.8 Å². The Hall–Kier alpha value is -3.61. The smallest absolute Gasteiger partial charge is 0.446 e. The van der Waals surface area contributed by atoms with Crippen molar-refractivity contribution in [1.29, 1.82) is 0 Å². The topological polar surface area (TPSA) is 80.1 Å². The number of anilines is 1. The second kappa shape index (κ2) is 13.6. The number of carbonyl (C=O) groups excluding carboxylic acids is 2. The third-order valence-electron chi connectivity index (χ3n) is 6.98. The molecule has 228 valence electrons. The molecule has 0 saturated carbocycles. The van der Waals surface area contributed by atoms with Crippen molar-refractivity contribution in [2.75, 3.05) is 45.8 Å². The maximum atomic E-state index is 13.7.